The van der Waals surface area contributed by atoms with Gasteiger partial charge in [0.2, 0.25) is 0 Å². The Morgan fingerprint density at radius 3 is 2.58 bits per heavy atom. The number of anilines is 2. The molecule has 0 spiro atoms. The molecular formula is C23H26FN5O2. The lowest BCUT2D eigenvalue weighted by Gasteiger charge is -2.29. The number of carbonyl (C=O) groups excluding carboxylic acids is 1. The molecule has 3 aromatic rings. The molecule has 1 aliphatic heterocycles. The van der Waals surface area contributed by atoms with E-state index < -0.39 is 5.91 Å². The Bertz CT molecular complexity index is 1060. The van der Waals surface area contributed by atoms with E-state index in [-0.39, 0.29) is 5.82 Å². The number of aromatic amines is 1. The Morgan fingerprint density at radius 1 is 1.19 bits per heavy atom. The van der Waals surface area contributed by atoms with Crippen molar-refractivity contribution in [3.05, 3.63) is 76.2 Å². The summed E-state index contributed by atoms with van der Waals surface area (Å²) in [7, 11) is 0. The topological polar surface area (TPSA) is 96.3 Å². The number of morpholine rings is 1. The van der Waals surface area contributed by atoms with Gasteiger partial charge in [0.1, 0.15) is 11.4 Å². The molecule has 1 fully saturated rings. The van der Waals surface area contributed by atoms with Crippen LogP contribution in [0.3, 0.4) is 0 Å². The molecule has 1 aromatic heterocycles. The lowest BCUT2D eigenvalue weighted by Crippen LogP contribution is -2.36. The van der Waals surface area contributed by atoms with Crippen molar-refractivity contribution in [3.8, 4) is 0 Å². The van der Waals surface area contributed by atoms with Crippen molar-refractivity contribution in [2.75, 3.05) is 36.5 Å². The van der Waals surface area contributed by atoms with Crippen molar-refractivity contribution in [1.29, 1.82) is 0 Å². The van der Waals surface area contributed by atoms with E-state index in [9.17, 15) is 9.18 Å². The molecule has 162 valence electrons. The molecule has 0 bridgehead atoms. The number of hydrogen-bond acceptors (Lipinski definition) is 5. The lowest BCUT2D eigenvalue weighted by atomic mass is 10.0. The number of H-pyrrole nitrogens is 1. The third-order valence-corrected chi connectivity index (χ3v) is 5.41. The van der Waals surface area contributed by atoms with E-state index in [1.54, 1.807) is 6.07 Å². The summed E-state index contributed by atoms with van der Waals surface area (Å²) >= 11 is 0. The molecular weight excluding hydrogens is 397 g/mol. The van der Waals surface area contributed by atoms with Crippen LogP contribution < -0.4 is 16.0 Å². The highest BCUT2D eigenvalue weighted by atomic mass is 19.1. The first-order valence-corrected chi connectivity index (χ1v) is 10.3. The summed E-state index contributed by atoms with van der Waals surface area (Å²) in [6.07, 6.45) is 0.317. The molecule has 2 heterocycles. The molecule has 31 heavy (non-hydrogen) atoms. The van der Waals surface area contributed by atoms with E-state index in [1.807, 2.05) is 42.2 Å². The fourth-order valence-corrected chi connectivity index (χ4v) is 3.72. The average molecular weight is 423 g/mol. The SMILES string of the molecule is Cc1ccc(CNc2n[nH]c(Cc3ccc(N4CCOCC4)c(F)c3)c2C(N)=O)cc1. The maximum atomic E-state index is 14.7. The lowest BCUT2D eigenvalue weighted by molar-refractivity contribution is 0.100. The van der Waals surface area contributed by atoms with Crippen molar-refractivity contribution in [1.82, 2.24) is 10.2 Å². The molecule has 0 aliphatic carbocycles. The van der Waals surface area contributed by atoms with E-state index in [4.69, 9.17) is 10.5 Å². The first-order valence-electron chi connectivity index (χ1n) is 10.3. The zero-order valence-electron chi connectivity index (χ0n) is 17.5. The number of benzene rings is 2. The van der Waals surface area contributed by atoms with Crippen LogP contribution in [0, 0.1) is 12.7 Å². The largest absolute Gasteiger partial charge is 0.378 e. The van der Waals surface area contributed by atoms with Crippen LogP contribution in [0.5, 0.6) is 0 Å². The Balaban J connectivity index is 1.49. The molecule has 1 amide bonds. The number of rotatable bonds is 7. The van der Waals surface area contributed by atoms with E-state index in [1.165, 1.54) is 11.6 Å². The Labute approximate surface area is 180 Å². The summed E-state index contributed by atoms with van der Waals surface area (Å²) < 4.78 is 20.1. The maximum Gasteiger partial charge on any atom is 0.254 e. The number of carbonyl (C=O) groups is 1. The standard InChI is InChI=1S/C23H26FN5O2/c1-15-2-4-16(5-3-15)14-26-23-21(22(25)30)19(27-28-23)13-17-6-7-20(18(24)12-17)29-8-10-31-11-9-29/h2-7,12H,8-11,13-14H2,1H3,(H2,25,30)(H2,26,27,28). The summed E-state index contributed by atoms with van der Waals surface area (Å²) in [6, 6.07) is 13.2. The molecule has 0 atom stereocenters. The third kappa shape index (κ3) is 4.86. The summed E-state index contributed by atoms with van der Waals surface area (Å²) in [4.78, 5) is 14.1. The molecule has 2 aromatic carbocycles. The summed E-state index contributed by atoms with van der Waals surface area (Å²) in [5.74, 6) is -0.480. The molecule has 4 rings (SSSR count). The van der Waals surface area contributed by atoms with Gasteiger partial charge < -0.3 is 20.7 Å². The molecule has 0 saturated carbocycles. The van der Waals surface area contributed by atoms with Gasteiger partial charge in [-0.2, -0.15) is 5.10 Å². The fraction of sp³-hybridized carbons (Fsp3) is 0.304. The minimum absolute atomic E-state index is 0.294. The zero-order chi connectivity index (χ0) is 21.8. The molecule has 0 radical (unpaired) electrons. The van der Waals surface area contributed by atoms with Gasteiger partial charge in [0, 0.05) is 26.1 Å². The quantitative estimate of drug-likeness (QED) is 0.543. The van der Waals surface area contributed by atoms with Gasteiger partial charge in [-0.25, -0.2) is 4.39 Å². The fourth-order valence-electron chi connectivity index (χ4n) is 3.72. The van der Waals surface area contributed by atoms with Gasteiger partial charge in [-0.15, -0.1) is 0 Å². The molecule has 1 aliphatic rings. The van der Waals surface area contributed by atoms with Crippen molar-refractivity contribution in [2.45, 2.75) is 19.9 Å². The third-order valence-electron chi connectivity index (χ3n) is 5.41. The van der Waals surface area contributed by atoms with Crippen molar-refractivity contribution < 1.29 is 13.9 Å². The summed E-state index contributed by atoms with van der Waals surface area (Å²) in [6.45, 7) is 5.05. The average Bonchev–Trinajstić information content (AvgIpc) is 3.17. The Hall–Kier alpha value is -3.39. The van der Waals surface area contributed by atoms with E-state index in [2.05, 4.69) is 15.5 Å². The minimum Gasteiger partial charge on any atom is -0.378 e. The Kier molecular flexibility index (Phi) is 6.18. The van der Waals surface area contributed by atoms with Crippen LogP contribution in [0.25, 0.3) is 0 Å². The van der Waals surface area contributed by atoms with Crippen LogP contribution in [0.2, 0.25) is 0 Å². The van der Waals surface area contributed by atoms with Gasteiger partial charge in [0.25, 0.3) is 5.91 Å². The predicted molar refractivity (Wildman–Crippen MR) is 118 cm³/mol. The van der Waals surface area contributed by atoms with Crippen molar-refractivity contribution in [2.24, 2.45) is 5.73 Å². The van der Waals surface area contributed by atoms with E-state index >= 15 is 0 Å². The van der Waals surface area contributed by atoms with Crippen LogP contribution in [0.1, 0.15) is 32.7 Å². The van der Waals surface area contributed by atoms with Gasteiger partial charge in [-0.05, 0) is 30.2 Å². The molecule has 1 saturated heterocycles. The number of hydrogen-bond donors (Lipinski definition) is 3. The first kappa shape index (κ1) is 20.9. The van der Waals surface area contributed by atoms with Gasteiger partial charge >= 0.3 is 0 Å². The van der Waals surface area contributed by atoms with Gasteiger partial charge in [0.15, 0.2) is 5.82 Å². The predicted octanol–water partition coefficient (Wildman–Crippen LogP) is 3.00. The smallest absolute Gasteiger partial charge is 0.254 e. The first-order chi connectivity index (χ1) is 15.0. The second-order valence-corrected chi connectivity index (χ2v) is 7.69. The van der Waals surface area contributed by atoms with Crippen LogP contribution in [0.4, 0.5) is 15.9 Å². The number of nitrogens with two attached hydrogens (primary N) is 1. The van der Waals surface area contributed by atoms with Crippen LogP contribution >= 0.6 is 0 Å². The zero-order valence-corrected chi connectivity index (χ0v) is 17.5. The van der Waals surface area contributed by atoms with E-state index in [0.717, 1.165) is 11.1 Å². The number of aromatic nitrogens is 2. The molecule has 8 heteroatoms. The number of ether oxygens (including phenoxy) is 1. The number of aryl methyl sites for hydroxylation is 1. The monoisotopic (exact) mass is 423 g/mol. The molecule has 4 N–H and O–H groups in total. The minimum atomic E-state index is -0.583. The highest BCUT2D eigenvalue weighted by Gasteiger charge is 2.20. The van der Waals surface area contributed by atoms with Gasteiger partial charge in [0.05, 0.1) is 24.6 Å². The summed E-state index contributed by atoms with van der Waals surface area (Å²) in [5, 5.41) is 10.3. The highest BCUT2D eigenvalue weighted by molar-refractivity contribution is 5.99. The van der Waals surface area contributed by atoms with Crippen LogP contribution in [0.15, 0.2) is 42.5 Å². The van der Waals surface area contributed by atoms with E-state index in [0.29, 0.717) is 62.0 Å². The number of amides is 1. The number of nitrogens with zero attached hydrogens (tertiary/aromatic N) is 2. The van der Waals surface area contributed by atoms with Crippen molar-refractivity contribution >= 4 is 17.4 Å². The highest BCUT2D eigenvalue weighted by Crippen LogP contribution is 2.25. The van der Waals surface area contributed by atoms with Crippen LogP contribution in [-0.4, -0.2) is 42.4 Å². The van der Waals surface area contributed by atoms with Gasteiger partial charge in [-0.3, -0.25) is 9.89 Å². The second kappa shape index (κ2) is 9.18. The second-order valence-electron chi connectivity index (χ2n) is 7.69. The number of nitrogens with one attached hydrogen (secondary N) is 2. The Morgan fingerprint density at radius 2 is 1.90 bits per heavy atom. The molecule has 7 nitrogen and oxygen atoms in total. The van der Waals surface area contributed by atoms with Crippen LogP contribution in [-0.2, 0) is 17.7 Å². The number of halogens is 1. The molecule has 0 unspecified atom stereocenters. The maximum absolute atomic E-state index is 14.7. The summed E-state index contributed by atoms with van der Waals surface area (Å²) in [5.41, 5.74) is 10.00. The van der Waals surface area contributed by atoms with Gasteiger partial charge in [-0.1, -0.05) is 35.9 Å². The normalized spacial score (nSPS) is 13.9. The number of primary amides is 1. The van der Waals surface area contributed by atoms with Crippen molar-refractivity contribution in [3.63, 3.8) is 0 Å².